The van der Waals surface area contributed by atoms with Crippen LogP contribution < -0.4 is 15.4 Å². The molecule has 0 radical (unpaired) electrons. The van der Waals surface area contributed by atoms with Crippen LogP contribution in [0.2, 0.25) is 0 Å². The van der Waals surface area contributed by atoms with Crippen molar-refractivity contribution in [1.82, 2.24) is 5.32 Å². The maximum atomic E-state index is 12.1. The summed E-state index contributed by atoms with van der Waals surface area (Å²) in [6, 6.07) is 13.8. The van der Waals surface area contributed by atoms with E-state index in [1.54, 1.807) is 36.4 Å². The number of hydrogen-bond donors (Lipinski definition) is 2. The van der Waals surface area contributed by atoms with Gasteiger partial charge in [0.25, 0.3) is 11.8 Å². The maximum absolute atomic E-state index is 12.1. The molecule has 0 saturated carbocycles. The third-order valence-corrected chi connectivity index (χ3v) is 3.72. The second-order valence-corrected chi connectivity index (χ2v) is 5.90. The molecule has 0 fully saturated rings. The number of benzene rings is 2. The van der Waals surface area contributed by atoms with Gasteiger partial charge in [0.2, 0.25) is 0 Å². The Hall–Kier alpha value is -3.35. The highest BCUT2D eigenvalue weighted by atomic mass is 16.5. The molecule has 2 N–H and O–H groups in total. The minimum absolute atomic E-state index is 0.349. The number of aryl methyl sites for hydroxylation is 1. The van der Waals surface area contributed by atoms with E-state index in [9.17, 15) is 14.4 Å². The van der Waals surface area contributed by atoms with E-state index in [0.29, 0.717) is 17.0 Å². The number of amides is 2. The summed E-state index contributed by atoms with van der Waals surface area (Å²) in [5, 5.41) is 5.11. The van der Waals surface area contributed by atoms with E-state index in [-0.39, 0.29) is 6.54 Å². The molecule has 0 bridgehead atoms. The van der Waals surface area contributed by atoms with Gasteiger partial charge >= 0.3 is 5.97 Å². The molecular formula is C20H22N2O5. The lowest BCUT2D eigenvalue weighted by molar-refractivity contribution is -0.152. The first-order valence-corrected chi connectivity index (χ1v) is 8.38. The molecule has 2 amide bonds. The molecule has 0 saturated heterocycles. The Morgan fingerprint density at radius 1 is 1.07 bits per heavy atom. The first kappa shape index (κ1) is 20.0. The van der Waals surface area contributed by atoms with E-state index < -0.39 is 23.9 Å². The lowest BCUT2D eigenvalue weighted by Crippen LogP contribution is -2.35. The Labute approximate surface area is 157 Å². The number of hydrogen-bond acceptors (Lipinski definition) is 5. The van der Waals surface area contributed by atoms with E-state index in [1.807, 2.05) is 19.1 Å². The number of nitrogens with one attached hydrogen (secondary N) is 2. The first-order chi connectivity index (χ1) is 12.9. The predicted octanol–water partition coefficient (Wildman–Crippen LogP) is 2.30. The van der Waals surface area contributed by atoms with Crippen molar-refractivity contribution in [3.8, 4) is 5.75 Å². The molecule has 1 atom stereocenters. The van der Waals surface area contributed by atoms with Crippen molar-refractivity contribution in [2.45, 2.75) is 20.0 Å². The van der Waals surface area contributed by atoms with E-state index >= 15 is 0 Å². The normalized spacial score (nSPS) is 11.2. The number of rotatable bonds is 7. The van der Waals surface area contributed by atoms with Gasteiger partial charge in [-0.15, -0.1) is 0 Å². The summed E-state index contributed by atoms with van der Waals surface area (Å²) in [5.41, 5.74) is 2.03. The zero-order valence-electron chi connectivity index (χ0n) is 15.4. The van der Waals surface area contributed by atoms with Gasteiger partial charge in [-0.2, -0.15) is 0 Å². The van der Waals surface area contributed by atoms with Crippen LogP contribution in [-0.4, -0.2) is 37.5 Å². The van der Waals surface area contributed by atoms with Crippen LogP contribution in [0.1, 0.15) is 22.8 Å². The van der Waals surface area contributed by atoms with E-state index in [4.69, 9.17) is 9.47 Å². The monoisotopic (exact) mass is 370 g/mol. The standard InChI is InChI=1S/C20H22N2O5/c1-13-7-9-16(10-8-13)22-19(24)14(2)27-18(23)12-21-20(25)15-5-4-6-17(11-15)26-3/h4-11,14H,12H2,1-3H3,(H,21,25)(H,22,24)/t14-/m1/s1. The topological polar surface area (TPSA) is 93.7 Å². The molecule has 7 nitrogen and oxygen atoms in total. The highest BCUT2D eigenvalue weighted by Gasteiger charge is 2.18. The Bertz CT molecular complexity index is 817. The van der Waals surface area contributed by atoms with Gasteiger partial charge in [-0.05, 0) is 44.2 Å². The second kappa shape index (κ2) is 9.38. The molecule has 2 aromatic carbocycles. The fraction of sp³-hybridized carbons (Fsp3) is 0.250. The summed E-state index contributed by atoms with van der Waals surface area (Å²) in [7, 11) is 1.50. The lowest BCUT2D eigenvalue weighted by atomic mass is 10.2. The van der Waals surface area contributed by atoms with Crippen LogP contribution in [0, 0.1) is 6.92 Å². The van der Waals surface area contributed by atoms with Gasteiger partial charge in [-0.3, -0.25) is 14.4 Å². The Morgan fingerprint density at radius 3 is 2.44 bits per heavy atom. The first-order valence-electron chi connectivity index (χ1n) is 8.38. The SMILES string of the molecule is COc1cccc(C(=O)NCC(=O)O[C@H](C)C(=O)Nc2ccc(C)cc2)c1. The van der Waals surface area contributed by atoms with Crippen LogP contribution in [0.4, 0.5) is 5.69 Å². The van der Waals surface area contributed by atoms with Gasteiger partial charge in [0.05, 0.1) is 7.11 Å². The van der Waals surface area contributed by atoms with Crippen molar-refractivity contribution in [2.24, 2.45) is 0 Å². The smallest absolute Gasteiger partial charge is 0.326 e. The number of esters is 1. The number of ether oxygens (including phenoxy) is 2. The highest BCUT2D eigenvalue weighted by Crippen LogP contribution is 2.12. The minimum Gasteiger partial charge on any atom is -0.497 e. The maximum Gasteiger partial charge on any atom is 0.326 e. The number of carbonyl (C=O) groups is 3. The average Bonchev–Trinajstić information content (AvgIpc) is 2.67. The van der Waals surface area contributed by atoms with Crippen LogP contribution >= 0.6 is 0 Å². The molecule has 0 aliphatic rings. The molecule has 0 heterocycles. The molecule has 0 aromatic heterocycles. The minimum atomic E-state index is -0.993. The van der Waals surface area contributed by atoms with Crippen molar-refractivity contribution < 1.29 is 23.9 Å². The summed E-state index contributed by atoms with van der Waals surface area (Å²) >= 11 is 0. The van der Waals surface area contributed by atoms with Crippen LogP contribution in [-0.2, 0) is 14.3 Å². The third-order valence-electron chi connectivity index (χ3n) is 3.72. The van der Waals surface area contributed by atoms with Crippen molar-refractivity contribution in [1.29, 1.82) is 0 Å². The van der Waals surface area contributed by atoms with Crippen molar-refractivity contribution >= 4 is 23.5 Å². The van der Waals surface area contributed by atoms with Gasteiger partial charge in [-0.25, -0.2) is 0 Å². The molecule has 2 aromatic rings. The van der Waals surface area contributed by atoms with E-state index in [1.165, 1.54) is 14.0 Å². The fourth-order valence-corrected chi connectivity index (χ4v) is 2.19. The molecule has 0 spiro atoms. The summed E-state index contributed by atoms with van der Waals surface area (Å²) < 4.78 is 10.1. The van der Waals surface area contributed by atoms with Gasteiger partial charge in [-0.1, -0.05) is 23.8 Å². The average molecular weight is 370 g/mol. The molecule has 142 valence electrons. The summed E-state index contributed by atoms with van der Waals surface area (Å²) in [5.74, 6) is -1.07. The lowest BCUT2D eigenvalue weighted by Gasteiger charge is -2.14. The number of carbonyl (C=O) groups excluding carboxylic acids is 3. The van der Waals surface area contributed by atoms with Gasteiger partial charge in [0.15, 0.2) is 6.10 Å². The summed E-state index contributed by atoms with van der Waals surface area (Å²) in [4.78, 5) is 36.0. The van der Waals surface area contributed by atoms with Crippen molar-refractivity contribution in [2.75, 3.05) is 19.0 Å². The molecule has 7 heteroatoms. The third kappa shape index (κ3) is 6.14. The van der Waals surface area contributed by atoms with E-state index in [0.717, 1.165) is 5.56 Å². The van der Waals surface area contributed by atoms with Crippen LogP contribution in [0.5, 0.6) is 5.75 Å². The zero-order valence-corrected chi connectivity index (χ0v) is 15.4. The second-order valence-electron chi connectivity index (χ2n) is 5.90. The van der Waals surface area contributed by atoms with Gasteiger partial charge in [0, 0.05) is 11.3 Å². The van der Waals surface area contributed by atoms with Crippen molar-refractivity contribution in [3.05, 3.63) is 59.7 Å². The van der Waals surface area contributed by atoms with Gasteiger partial charge < -0.3 is 20.1 Å². The fourth-order valence-electron chi connectivity index (χ4n) is 2.19. The van der Waals surface area contributed by atoms with Crippen molar-refractivity contribution in [3.63, 3.8) is 0 Å². The molecule has 0 aliphatic carbocycles. The van der Waals surface area contributed by atoms with Crippen LogP contribution in [0.15, 0.2) is 48.5 Å². The molecule has 27 heavy (non-hydrogen) atoms. The molecule has 0 aliphatic heterocycles. The Morgan fingerprint density at radius 2 is 1.78 bits per heavy atom. The molecule has 0 unspecified atom stereocenters. The Balaban J connectivity index is 1.80. The van der Waals surface area contributed by atoms with E-state index in [2.05, 4.69) is 10.6 Å². The van der Waals surface area contributed by atoms with Crippen LogP contribution in [0.25, 0.3) is 0 Å². The quantitative estimate of drug-likeness (QED) is 0.730. The number of methoxy groups -OCH3 is 1. The highest BCUT2D eigenvalue weighted by molar-refractivity contribution is 5.97. The summed E-state index contributed by atoms with van der Waals surface area (Å²) in [6.07, 6.45) is -0.993. The van der Waals surface area contributed by atoms with Gasteiger partial charge in [0.1, 0.15) is 12.3 Å². The molecule has 2 rings (SSSR count). The predicted molar refractivity (Wildman–Crippen MR) is 101 cm³/mol. The Kier molecular flexibility index (Phi) is 6.93. The largest absolute Gasteiger partial charge is 0.497 e. The molecular weight excluding hydrogens is 348 g/mol. The number of anilines is 1. The summed E-state index contributed by atoms with van der Waals surface area (Å²) in [6.45, 7) is 3.05. The zero-order chi connectivity index (χ0) is 19.8. The van der Waals surface area contributed by atoms with Crippen LogP contribution in [0.3, 0.4) is 0 Å².